The summed E-state index contributed by atoms with van der Waals surface area (Å²) in [5.41, 5.74) is 1.94. The number of benzene rings is 2. The van der Waals surface area contributed by atoms with E-state index in [1.54, 1.807) is 0 Å². The lowest BCUT2D eigenvalue weighted by molar-refractivity contribution is 0.102. The van der Waals surface area contributed by atoms with E-state index in [9.17, 15) is 4.79 Å². The minimum Gasteiger partial charge on any atom is -0.416 e. The van der Waals surface area contributed by atoms with E-state index in [1.807, 2.05) is 42.5 Å². The van der Waals surface area contributed by atoms with E-state index in [2.05, 4.69) is 51.8 Å². The van der Waals surface area contributed by atoms with Crippen molar-refractivity contribution in [3.8, 4) is 0 Å². The topological polar surface area (TPSA) is 56.0 Å². The van der Waals surface area contributed by atoms with Crippen LogP contribution in [0.4, 0.5) is 0 Å². The van der Waals surface area contributed by atoms with Gasteiger partial charge in [-0.2, -0.15) is 0 Å². The summed E-state index contributed by atoms with van der Waals surface area (Å²) in [6, 6.07) is 17.8. The van der Waals surface area contributed by atoms with E-state index in [0.29, 0.717) is 29.0 Å². The van der Waals surface area contributed by atoms with Crippen molar-refractivity contribution in [2.45, 2.75) is 24.5 Å². The number of carbonyl (C=O) groups is 1. The van der Waals surface area contributed by atoms with E-state index in [4.69, 9.17) is 4.42 Å². The van der Waals surface area contributed by atoms with Gasteiger partial charge in [-0.05, 0) is 46.2 Å². The molecule has 0 fully saturated rings. The van der Waals surface area contributed by atoms with Crippen LogP contribution in [0.2, 0.25) is 0 Å². The molecule has 0 saturated carbocycles. The third-order valence-corrected chi connectivity index (χ3v) is 5.33. The van der Waals surface area contributed by atoms with E-state index >= 15 is 0 Å². The third-order valence-electron chi connectivity index (χ3n) is 3.79. The number of carbonyl (C=O) groups excluding carboxylic acids is 1. The van der Waals surface area contributed by atoms with Gasteiger partial charge in [0, 0.05) is 15.6 Å². The summed E-state index contributed by atoms with van der Waals surface area (Å²) < 4.78 is 6.78. The largest absolute Gasteiger partial charge is 0.416 e. The fourth-order valence-electron chi connectivity index (χ4n) is 2.39. The van der Waals surface area contributed by atoms with Crippen molar-refractivity contribution in [1.82, 2.24) is 10.2 Å². The number of thioether (sulfide) groups is 1. The highest BCUT2D eigenvalue weighted by molar-refractivity contribution is 14.1. The lowest BCUT2D eigenvalue weighted by atomic mass is 9.98. The zero-order valence-corrected chi connectivity index (χ0v) is 16.7. The third kappa shape index (κ3) is 5.15. The normalized spacial score (nSPS) is 12.1. The second-order valence-corrected chi connectivity index (χ2v) is 7.87. The summed E-state index contributed by atoms with van der Waals surface area (Å²) in [5.74, 6) is 1.24. The van der Waals surface area contributed by atoms with Crippen molar-refractivity contribution >= 4 is 40.1 Å². The van der Waals surface area contributed by atoms with Gasteiger partial charge >= 0.3 is 0 Å². The summed E-state index contributed by atoms with van der Waals surface area (Å²) in [6.07, 6.45) is 0.683. The van der Waals surface area contributed by atoms with Crippen molar-refractivity contribution in [3.05, 3.63) is 75.2 Å². The van der Waals surface area contributed by atoms with Gasteiger partial charge < -0.3 is 4.42 Å². The highest BCUT2D eigenvalue weighted by Gasteiger charge is 2.14. The minimum absolute atomic E-state index is 0.0544. The number of hydrogen-bond donors (Lipinski definition) is 0. The fourth-order valence-corrected chi connectivity index (χ4v) is 3.42. The molecule has 0 amide bonds. The Hall–Kier alpha value is -1.67. The lowest BCUT2D eigenvalue weighted by Crippen LogP contribution is -2.02. The molecule has 25 heavy (non-hydrogen) atoms. The quantitative estimate of drug-likeness (QED) is 0.280. The maximum Gasteiger partial charge on any atom is 0.277 e. The zero-order valence-electron chi connectivity index (χ0n) is 13.7. The van der Waals surface area contributed by atoms with Gasteiger partial charge in [0.2, 0.25) is 5.89 Å². The number of nitrogens with zero attached hydrogens (tertiary/aromatic N) is 2. The molecule has 0 spiro atoms. The van der Waals surface area contributed by atoms with Gasteiger partial charge in [0.1, 0.15) is 0 Å². The van der Waals surface area contributed by atoms with Crippen LogP contribution >= 0.6 is 34.4 Å². The number of ketones is 1. The van der Waals surface area contributed by atoms with Crippen LogP contribution in [0, 0.1) is 3.57 Å². The van der Waals surface area contributed by atoms with Crippen molar-refractivity contribution in [1.29, 1.82) is 0 Å². The summed E-state index contributed by atoms with van der Waals surface area (Å²) in [4.78, 5) is 12.2. The Labute approximate surface area is 164 Å². The van der Waals surface area contributed by atoms with Crippen LogP contribution in [-0.2, 0) is 6.42 Å². The number of hydrogen-bond acceptors (Lipinski definition) is 5. The average molecular weight is 464 g/mol. The smallest absolute Gasteiger partial charge is 0.277 e. The molecule has 1 unspecified atom stereocenters. The first-order chi connectivity index (χ1) is 12.1. The van der Waals surface area contributed by atoms with Crippen LogP contribution in [0.1, 0.15) is 34.7 Å². The molecule has 0 aliphatic carbocycles. The van der Waals surface area contributed by atoms with Crippen LogP contribution < -0.4 is 0 Å². The molecule has 4 nitrogen and oxygen atoms in total. The molecule has 6 heteroatoms. The fraction of sp³-hybridized carbons (Fsp3) is 0.211. The average Bonchev–Trinajstić information content (AvgIpc) is 3.08. The maximum atomic E-state index is 12.2. The molecule has 3 rings (SSSR count). The molecule has 1 aromatic heterocycles. The van der Waals surface area contributed by atoms with Gasteiger partial charge in [-0.15, -0.1) is 10.2 Å². The Morgan fingerprint density at radius 3 is 2.56 bits per heavy atom. The molecule has 0 radical (unpaired) electrons. The second-order valence-electron chi connectivity index (χ2n) is 5.70. The molecule has 1 atom stereocenters. The molecule has 1 heterocycles. The Morgan fingerprint density at radius 1 is 1.12 bits per heavy atom. The molecule has 0 aliphatic heterocycles. The number of rotatable bonds is 7. The van der Waals surface area contributed by atoms with E-state index in [0.717, 1.165) is 3.57 Å². The highest BCUT2D eigenvalue weighted by atomic mass is 127. The number of Topliss-reactive ketones (excluding diaryl/α,β-unsaturated/α-hetero) is 1. The summed E-state index contributed by atoms with van der Waals surface area (Å²) in [6.45, 7) is 2.13. The molecule has 2 aromatic carbocycles. The van der Waals surface area contributed by atoms with Crippen LogP contribution in [-0.4, -0.2) is 21.7 Å². The zero-order chi connectivity index (χ0) is 17.6. The van der Waals surface area contributed by atoms with Gasteiger partial charge in [0.25, 0.3) is 5.22 Å². The van der Waals surface area contributed by atoms with Crippen LogP contribution in [0.3, 0.4) is 0 Å². The predicted molar refractivity (Wildman–Crippen MR) is 107 cm³/mol. The predicted octanol–water partition coefficient (Wildman–Crippen LogP) is 5.00. The standard InChI is InChI=1S/C19H17IN2O2S/c1-13(14-5-3-2-4-6-14)11-18-21-22-19(24-18)25-12-17(23)15-7-9-16(20)10-8-15/h2-10,13H,11-12H2,1H3. The molecular weight excluding hydrogens is 447 g/mol. The van der Waals surface area contributed by atoms with Crippen molar-refractivity contribution in [2.75, 3.05) is 5.75 Å². The van der Waals surface area contributed by atoms with Gasteiger partial charge in [0.05, 0.1) is 5.75 Å². The molecule has 0 N–H and O–H groups in total. The minimum atomic E-state index is 0.0544. The van der Waals surface area contributed by atoms with Gasteiger partial charge in [-0.25, -0.2) is 0 Å². The van der Waals surface area contributed by atoms with Crippen molar-refractivity contribution in [3.63, 3.8) is 0 Å². The summed E-state index contributed by atoms with van der Waals surface area (Å²) in [7, 11) is 0. The molecular formula is C19H17IN2O2S. The van der Waals surface area contributed by atoms with Gasteiger partial charge in [0.15, 0.2) is 5.78 Å². The first-order valence-corrected chi connectivity index (χ1v) is 9.97. The van der Waals surface area contributed by atoms with Crippen molar-refractivity contribution < 1.29 is 9.21 Å². The Morgan fingerprint density at radius 2 is 1.84 bits per heavy atom. The maximum absolute atomic E-state index is 12.2. The second kappa shape index (κ2) is 8.62. The molecule has 3 aromatic rings. The Kier molecular flexibility index (Phi) is 6.25. The number of halogens is 1. The first-order valence-electron chi connectivity index (χ1n) is 7.90. The SMILES string of the molecule is CC(Cc1nnc(SCC(=O)c2ccc(I)cc2)o1)c1ccccc1. The first kappa shape index (κ1) is 18.1. The monoisotopic (exact) mass is 464 g/mol. The van der Waals surface area contributed by atoms with Gasteiger partial charge in [-0.1, -0.05) is 61.2 Å². The van der Waals surface area contributed by atoms with E-state index < -0.39 is 0 Å². The molecule has 0 aliphatic rings. The summed E-state index contributed by atoms with van der Waals surface area (Å²) in [5, 5.41) is 8.57. The summed E-state index contributed by atoms with van der Waals surface area (Å²) >= 11 is 3.50. The lowest BCUT2D eigenvalue weighted by Gasteiger charge is -2.08. The van der Waals surface area contributed by atoms with Crippen LogP contribution in [0.25, 0.3) is 0 Å². The van der Waals surface area contributed by atoms with Crippen LogP contribution in [0.5, 0.6) is 0 Å². The Bertz CT molecular complexity index is 834. The molecule has 0 saturated heterocycles. The Balaban J connectivity index is 1.55. The highest BCUT2D eigenvalue weighted by Crippen LogP contribution is 2.23. The molecule has 128 valence electrons. The van der Waals surface area contributed by atoms with Gasteiger partial charge in [-0.3, -0.25) is 4.79 Å². The van der Waals surface area contributed by atoms with Crippen LogP contribution in [0.15, 0.2) is 64.2 Å². The van der Waals surface area contributed by atoms with E-state index in [1.165, 1.54) is 17.3 Å². The van der Waals surface area contributed by atoms with Crippen molar-refractivity contribution in [2.24, 2.45) is 0 Å². The number of aromatic nitrogens is 2. The molecule has 0 bridgehead atoms. The van der Waals surface area contributed by atoms with E-state index in [-0.39, 0.29) is 11.5 Å².